The van der Waals surface area contributed by atoms with Gasteiger partial charge in [0.15, 0.2) is 5.60 Å². The molecule has 0 aromatic heterocycles. The monoisotopic (exact) mass is 361 g/mol. The van der Waals surface area contributed by atoms with Crippen molar-refractivity contribution in [1.29, 1.82) is 0 Å². The van der Waals surface area contributed by atoms with Gasteiger partial charge in [-0.3, -0.25) is 0 Å². The highest BCUT2D eigenvalue weighted by molar-refractivity contribution is 5.82. The molecule has 1 aliphatic rings. The fourth-order valence-electron chi connectivity index (χ4n) is 4.10. The Hall–Kier alpha value is -1.39. The first kappa shape index (κ1) is 20.9. The Bertz CT molecular complexity index is 591. The zero-order chi connectivity index (χ0) is 19.2. The number of esters is 1. The highest BCUT2D eigenvalue weighted by atomic mass is 16.5. The van der Waals surface area contributed by atoms with Crippen LogP contribution in [0.25, 0.3) is 0 Å². The molecule has 0 bridgehead atoms. The van der Waals surface area contributed by atoms with E-state index in [1.165, 1.54) is 6.42 Å². The van der Waals surface area contributed by atoms with Crippen LogP contribution in [0.3, 0.4) is 0 Å². The number of aryl methyl sites for hydroxylation is 1. The van der Waals surface area contributed by atoms with Gasteiger partial charge in [-0.05, 0) is 56.5 Å². The number of aliphatic hydroxyl groups is 1. The van der Waals surface area contributed by atoms with Crippen LogP contribution < -0.4 is 0 Å². The molecule has 1 fully saturated rings. The van der Waals surface area contributed by atoms with Gasteiger partial charge in [0.05, 0.1) is 0 Å². The van der Waals surface area contributed by atoms with Gasteiger partial charge < -0.3 is 14.7 Å². The molecule has 0 saturated heterocycles. The summed E-state index contributed by atoms with van der Waals surface area (Å²) in [5, 5.41) is 11.7. The summed E-state index contributed by atoms with van der Waals surface area (Å²) in [6.45, 7) is 11.1. The topological polar surface area (TPSA) is 49.8 Å². The maximum atomic E-state index is 13.1. The molecule has 1 saturated carbocycles. The highest BCUT2D eigenvalue weighted by Gasteiger charge is 2.48. The zero-order valence-corrected chi connectivity index (χ0v) is 16.9. The molecule has 146 valence electrons. The fraction of sp³-hybridized carbons (Fsp3) is 0.682. The summed E-state index contributed by atoms with van der Waals surface area (Å²) in [7, 11) is 0. The first-order valence-electron chi connectivity index (χ1n) is 10.1. The van der Waals surface area contributed by atoms with Gasteiger partial charge in [-0.1, -0.05) is 51.3 Å². The molecular weight excluding hydrogens is 326 g/mol. The predicted molar refractivity (Wildman–Crippen MR) is 105 cm³/mol. The van der Waals surface area contributed by atoms with Gasteiger partial charge in [0, 0.05) is 12.5 Å². The van der Waals surface area contributed by atoms with Gasteiger partial charge in [-0.15, -0.1) is 0 Å². The molecule has 0 unspecified atom stereocenters. The van der Waals surface area contributed by atoms with Crippen LogP contribution in [0.5, 0.6) is 0 Å². The van der Waals surface area contributed by atoms with E-state index < -0.39 is 11.6 Å². The minimum Gasteiger partial charge on any atom is -0.462 e. The van der Waals surface area contributed by atoms with Crippen molar-refractivity contribution in [3.8, 4) is 0 Å². The van der Waals surface area contributed by atoms with Crippen LogP contribution >= 0.6 is 0 Å². The molecule has 4 heteroatoms. The number of nitrogens with zero attached hydrogens (tertiary/aromatic N) is 1. The largest absolute Gasteiger partial charge is 0.462 e. The Kier molecular flexibility index (Phi) is 7.66. The smallest absolute Gasteiger partial charge is 0.343 e. The second kappa shape index (κ2) is 9.52. The van der Waals surface area contributed by atoms with Gasteiger partial charge in [-0.25, -0.2) is 4.79 Å². The maximum Gasteiger partial charge on any atom is 0.343 e. The third kappa shape index (κ3) is 4.47. The zero-order valence-electron chi connectivity index (χ0n) is 16.9. The number of rotatable bonds is 8. The molecule has 0 aliphatic heterocycles. The number of benzene rings is 1. The molecule has 0 radical (unpaired) electrons. The average Bonchev–Trinajstić information content (AvgIpc) is 2.67. The molecule has 1 aliphatic carbocycles. The lowest BCUT2D eigenvalue weighted by atomic mass is 9.72. The minimum atomic E-state index is -1.54. The molecule has 4 nitrogen and oxygen atoms in total. The van der Waals surface area contributed by atoms with E-state index in [-0.39, 0.29) is 5.92 Å². The lowest BCUT2D eigenvalue weighted by Crippen LogP contribution is -2.46. The summed E-state index contributed by atoms with van der Waals surface area (Å²) in [6, 6.07) is 5.84. The Morgan fingerprint density at radius 1 is 1.19 bits per heavy atom. The van der Waals surface area contributed by atoms with E-state index >= 15 is 0 Å². The summed E-state index contributed by atoms with van der Waals surface area (Å²) in [4.78, 5) is 15.3. The Balaban J connectivity index is 2.25. The number of carbonyl (C=O) groups is 1. The number of carbonyl (C=O) groups excluding carboxylic acids is 1. The molecule has 1 N–H and O–H groups in total. The van der Waals surface area contributed by atoms with Gasteiger partial charge in [-0.2, -0.15) is 0 Å². The van der Waals surface area contributed by atoms with E-state index in [2.05, 4.69) is 18.7 Å². The molecule has 0 spiro atoms. The van der Waals surface area contributed by atoms with Gasteiger partial charge in [0.2, 0.25) is 0 Å². The fourth-order valence-corrected chi connectivity index (χ4v) is 4.10. The lowest BCUT2D eigenvalue weighted by molar-refractivity contribution is -0.176. The quantitative estimate of drug-likeness (QED) is 0.712. The third-order valence-corrected chi connectivity index (χ3v) is 6.06. The normalized spacial score (nSPS) is 17.9. The SMILES string of the molecule is CCN(CC)CCOC(=O)[C@](O)(c1cccc(C)c1C)C1CCCCC1. The maximum absolute atomic E-state index is 13.1. The number of hydrogen-bond acceptors (Lipinski definition) is 4. The second-order valence-corrected chi connectivity index (χ2v) is 7.51. The van der Waals surface area contributed by atoms with Gasteiger partial charge in [0.1, 0.15) is 6.61 Å². The van der Waals surface area contributed by atoms with Crippen molar-refractivity contribution in [2.75, 3.05) is 26.2 Å². The van der Waals surface area contributed by atoms with Crippen LogP contribution in [0.4, 0.5) is 0 Å². The van der Waals surface area contributed by atoms with Crippen molar-refractivity contribution in [2.45, 2.75) is 65.4 Å². The van der Waals surface area contributed by atoms with Crippen molar-refractivity contribution in [2.24, 2.45) is 5.92 Å². The van der Waals surface area contributed by atoms with E-state index in [0.29, 0.717) is 13.2 Å². The van der Waals surface area contributed by atoms with Crippen LogP contribution in [-0.4, -0.2) is 42.2 Å². The Labute approximate surface area is 158 Å². The number of hydrogen-bond donors (Lipinski definition) is 1. The first-order valence-corrected chi connectivity index (χ1v) is 10.1. The van der Waals surface area contributed by atoms with E-state index in [1.807, 2.05) is 32.0 Å². The van der Waals surface area contributed by atoms with Crippen molar-refractivity contribution < 1.29 is 14.6 Å². The molecule has 0 amide bonds. The predicted octanol–water partition coefficient (Wildman–Crippen LogP) is 3.96. The lowest BCUT2D eigenvalue weighted by Gasteiger charge is -2.38. The standard InChI is InChI=1S/C22H35NO3/c1-5-23(6-2)15-16-26-21(24)22(25,19-12-8-7-9-13-19)20-14-10-11-17(3)18(20)4/h10-11,14,19,25H,5-9,12-13,15-16H2,1-4H3/t22-/m1/s1. The Morgan fingerprint density at radius 3 is 2.46 bits per heavy atom. The highest BCUT2D eigenvalue weighted by Crippen LogP contribution is 2.42. The van der Waals surface area contributed by atoms with Crippen molar-refractivity contribution >= 4 is 5.97 Å². The van der Waals surface area contributed by atoms with Gasteiger partial charge >= 0.3 is 5.97 Å². The summed E-state index contributed by atoms with van der Waals surface area (Å²) in [5.74, 6) is -0.553. The third-order valence-electron chi connectivity index (χ3n) is 6.06. The molecule has 1 atom stereocenters. The number of ether oxygens (including phenoxy) is 1. The van der Waals surface area contributed by atoms with Crippen molar-refractivity contribution in [3.63, 3.8) is 0 Å². The molecular formula is C22H35NO3. The van der Waals surface area contributed by atoms with Crippen molar-refractivity contribution in [3.05, 3.63) is 34.9 Å². The Morgan fingerprint density at radius 2 is 1.85 bits per heavy atom. The van der Waals surface area contributed by atoms with Crippen LogP contribution in [0, 0.1) is 19.8 Å². The molecule has 0 heterocycles. The summed E-state index contributed by atoms with van der Waals surface area (Å²) in [5.41, 5.74) is 1.26. The van der Waals surface area contributed by atoms with E-state index in [4.69, 9.17) is 4.74 Å². The molecule has 26 heavy (non-hydrogen) atoms. The second-order valence-electron chi connectivity index (χ2n) is 7.51. The van der Waals surface area contributed by atoms with E-state index in [9.17, 15) is 9.90 Å². The van der Waals surface area contributed by atoms with Crippen LogP contribution in [0.1, 0.15) is 62.6 Å². The number of likely N-dealkylation sites (N-methyl/N-ethyl adjacent to an activating group) is 1. The summed E-state index contributed by atoms with van der Waals surface area (Å²) >= 11 is 0. The summed E-state index contributed by atoms with van der Waals surface area (Å²) < 4.78 is 5.61. The van der Waals surface area contributed by atoms with Crippen molar-refractivity contribution in [1.82, 2.24) is 4.90 Å². The minimum absolute atomic E-state index is 0.0716. The van der Waals surface area contributed by atoms with Crippen LogP contribution in [-0.2, 0) is 15.1 Å². The molecule has 1 aromatic carbocycles. The first-order chi connectivity index (χ1) is 12.4. The van der Waals surface area contributed by atoms with Gasteiger partial charge in [0.25, 0.3) is 0 Å². The van der Waals surface area contributed by atoms with E-state index in [0.717, 1.165) is 55.5 Å². The summed E-state index contributed by atoms with van der Waals surface area (Å²) in [6.07, 6.45) is 5.04. The van der Waals surface area contributed by atoms with E-state index in [1.54, 1.807) is 0 Å². The van der Waals surface area contributed by atoms with Crippen LogP contribution in [0.2, 0.25) is 0 Å². The van der Waals surface area contributed by atoms with Crippen LogP contribution in [0.15, 0.2) is 18.2 Å². The average molecular weight is 362 g/mol. The molecule has 1 aromatic rings. The molecule has 2 rings (SSSR count).